The molecule has 1 atom stereocenters. The molecule has 2 aromatic carbocycles. The van der Waals surface area contributed by atoms with Gasteiger partial charge in [0, 0.05) is 24.4 Å². The van der Waals surface area contributed by atoms with Gasteiger partial charge in [-0.15, -0.1) is 0 Å². The maximum Gasteiger partial charge on any atom is 0.274 e. The molecule has 0 N–H and O–H groups in total. The molecule has 144 valence electrons. The van der Waals surface area contributed by atoms with Gasteiger partial charge in [-0.3, -0.25) is 10.1 Å². The lowest BCUT2D eigenvalue weighted by Gasteiger charge is -2.44. The van der Waals surface area contributed by atoms with Crippen molar-refractivity contribution in [2.45, 2.75) is 25.0 Å². The van der Waals surface area contributed by atoms with Crippen molar-refractivity contribution >= 4 is 17.5 Å². The van der Waals surface area contributed by atoms with Crippen LogP contribution in [0.2, 0.25) is 0 Å². The largest absolute Gasteiger partial charge is 0.493 e. The van der Waals surface area contributed by atoms with E-state index >= 15 is 0 Å². The first-order valence-electron chi connectivity index (χ1n) is 9.06. The van der Waals surface area contributed by atoms with E-state index in [2.05, 4.69) is 30.9 Å². The molecular weight excluding hydrogens is 356 g/mol. The van der Waals surface area contributed by atoms with E-state index in [4.69, 9.17) is 9.47 Å². The summed E-state index contributed by atoms with van der Waals surface area (Å²) < 4.78 is 12.2. The number of hydrogen-bond acceptors (Lipinski definition) is 5. The van der Waals surface area contributed by atoms with Crippen LogP contribution >= 0.6 is 0 Å². The number of non-ortho nitro benzene ring substituents is 1. The Morgan fingerprint density at radius 3 is 2.61 bits per heavy atom. The van der Waals surface area contributed by atoms with Gasteiger partial charge in [0.1, 0.15) is 0 Å². The normalized spacial score (nSPS) is 22.6. The fourth-order valence-electron chi connectivity index (χ4n) is 4.24. The first-order valence-corrected chi connectivity index (χ1v) is 9.06. The topological polar surface area (TPSA) is 64.8 Å². The third-order valence-electron chi connectivity index (χ3n) is 5.80. The van der Waals surface area contributed by atoms with Crippen LogP contribution in [0.15, 0.2) is 54.6 Å². The maximum atomic E-state index is 11.3. The van der Waals surface area contributed by atoms with Gasteiger partial charge in [0.15, 0.2) is 11.5 Å². The molecule has 1 spiro atoms. The number of methoxy groups -OCH3 is 1. The molecule has 6 heteroatoms. The molecule has 2 heterocycles. The van der Waals surface area contributed by atoms with E-state index < -0.39 is 10.6 Å². The Bertz CT molecular complexity index is 1030. The molecule has 28 heavy (non-hydrogen) atoms. The number of hydrogen-bond donors (Lipinski definition) is 0. The van der Waals surface area contributed by atoms with Gasteiger partial charge in [-0.25, -0.2) is 0 Å². The van der Waals surface area contributed by atoms with Gasteiger partial charge in [0.25, 0.3) is 5.69 Å². The molecule has 0 aromatic heterocycles. The zero-order valence-corrected chi connectivity index (χ0v) is 16.3. The van der Waals surface area contributed by atoms with Crippen molar-refractivity contribution in [3.05, 3.63) is 75.9 Å². The Morgan fingerprint density at radius 1 is 1.18 bits per heavy atom. The van der Waals surface area contributed by atoms with Crippen LogP contribution in [-0.2, 0) is 5.41 Å². The fourth-order valence-corrected chi connectivity index (χ4v) is 4.24. The molecule has 0 amide bonds. The summed E-state index contributed by atoms with van der Waals surface area (Å²) in [5.74, 6) is 0.824. The van der Waals surface area contributed by atoms with Crippen molar-refractivity contribution in [2.75, 3.05) is 19.1 Å². The van der Waals surface area contributed by atoms with E-state index in [1.54, 1.807) is 6.08 Å². The summed E-state index contributed by atoms with van der Waals surface area (Å²) in [5, 5.41) is 11.3. The molecule has 0 bridgehead atoms. The molecule has 0 radical (unpaired) electrons. The minimum Gasteiger partial charge on any atom is -0.493 e. The van der Waals surface area contributed by atoms with Crippen molar-refractivity contribution < 1.29 is 14.4 Å². The Morgan fingerprint density at radius 2 is 1.93 bits per heavy atom. The van der Waals surface area contributed by atoms with Crippen molar-refractivity contribution in [2.24, 2.45) is 0 Å². The van der Waals surface area contributed by atoms with Crippen molar-refractivity contribution in [1.82, 2.24) is 0 Å². The summed E-state index contributed by atoms with van der Waals surface area (Å²) in [4.78, 5) is 13.0. The number of fused-ring (bicyclic) bond motifs is 2. The lowest BCUT2D eigenvalue weighted by Crippen LogP contribution is -2.57. The number of rotatable bonds is 2. The van der Waals surface area contributed by atoms with Crippen molar-refractivity contribution in [3.8, 4) is 11.5 Å². The highest BCUT2D eigenvalue weighted by atomic mass is 16.6. The summed E-state index contributed by atoms with van der Waals surface area (Å²) >= 11 is 0. The second-order valence-corrected chi connectivity index (χ2v) is 7.54. The van der Waals surface area contributed by atoms with Crippen LogP contribution in [-0.4, -0.2) is 24.8 Å². The van der Waals surface area contributed by atoms with Gasteiger partial charge < -0.3 is 14.4 Å². The molecule has 2 aliphatic heterocycles. The first kappa shape index (κ1) is 18.1. The highest BCUT2D eigenvalue weighted by molar-refractivity contribution is 5.71. The summed E-state index contributed by atoms with van der Waals surface area (Å²) in [6, 6.07) is 11.1. The maximum absolute atomic E-state index is 11.3. The van der Waals surface area contributed by atoms with Crippen LogP contribution in [0, 0.1) is 10.1 Å². The Labute approximate surface area is 163 Å². The number of nitro groups is 1. The number of allylic oxidation sites excluding steroid dienone is 2. The SMILES string of the molecule is COc1cc([N+](=O)[O-])cc2c1OC1(/C=C\C=C2)N(C)c2ccccc2C1(C)C. The number of benzene rings is 2. The summed E-state index contributed by atoms with van der Waals surface area (Å²) in [6.45, 7) is 4.28. The van der Waals surface area contributed by atoms with Gasteiger partial charge in [-0.05, 0) is 31.6 Å². The molecule has 0 fully saturated rings. The summed E-state index contributed by atoms with van der Waals surface area (Å²) in [7, 11) is 3.49. The molecule has 1 unspecified atom stereocenters. The number of nitrogens with zero attached hydrogens (tertiary/aromatic N) is 2. The average Bonchev–Trinajstić information content (AvgIpc) is 2.82. The number of likely N-dealkylation sites (N-methyl/N-ethyl adjacent to an activating group) is 1. The van der Waals surface area contributed by atoms with Gasteiger partial charge in [-0.1, -0.05) is 36.4 Å². The Kier molecular flexibility index (Phi) is 3.96. The third-order valence-corrected chi connectivity index (χ3v) is 5.80. The van der Waals surface area contributed by atoms with E-state index in [9.17, 15) is 10.1 Å². The summed E-state index contributed by atoms with van der Waals surface area (Å²) in [6.07, 6.45) is 7.63. The first-order chi connectivity index (χ1) is 13.3. The third kappa shape index (κ3) is 2.34. The molecule has 0 aliphatic carbocycles. The Balaban J connectivity index is 1.95. The minimum atomic E-state index is -0.820. The van der Waals surface area contributed by atoms with Crippen molar-refractivity contribution in [1.29, 1.82) is 0 Å². The molecule has 4 rings (SSSR count). The van der Waals surface area contributed by atoms with Crippen LogP contribution in [0.4, 0.5) is 11.4 Å². The highest BCUT2D eigenvalue weighted by Crippen LogP contribution is 2.54. The molecule has 2 aliphatic rings. The molecule has 2 aromatic rings. The van der Waals surface area contributed by atoms with E-state index in [0.29, 0.717) is 17.1 Å². The lowest BCUT2D eigenvalue weighted by molar-refractivity contribution is -0.385. The standard InChI is InChI=1S/C22H22N2O4/c1-21(2)17-10-5-6-11-18(17)23(3)22(21)12-8-7-9-15-13-16(24(25)26)14-19(27-4)20(15)28-22/h5-14H,1-4H3/b9-7?,12-8-. The Hall–Kier alpha value is -3.28. The fraction of sp³-hybridized carbons (Fsp3) is 0.273. The summed E-state index contributed by atoms with van der Waals surface area (Å²) in [5.41, 5.74) is 1.63. The van der Waals surface area contributed by atoms with Crippen molar-refractivity contribution in [3.63, 3.8) is 0 Å². The quantitative estimate of drug-likeness (QED) is 0.560. The monoisotopic (exact) mass is 378 g/mol. The van der Waals surface area contributed by atoms with E-state index in [1.807, 2.05) is 37.4 Å². The predicted molar refractivity (Wildman–Crippen MR) is 109 cm³/mol. The second kappa shape index (κ2) is 6.12. The van der Waals surface area contributed by atoms with E-state index in [0.717, 1.165) is 5.69 Å². The smallest absolute Gasteiger partial charge is 0.274 e. The van der Waals surface area contributed by atoms with Gasteiger partial charge in [0.2, 0.25) is 5.72 Å². The second-order valence-electron chi connectivity index (χ2n) is 7.54. The molecule has 0 saturated heterocycles. The van der Waals surface area contributed by atoms with E-state index in [1.165, 1.54) is 24.8 Å². The lowest BCUT2D eigenvalue weighted by atomic mass is 9.77. The van der Waals surface area contributed by atoms with Crippen LogP contribution in [0.3, 0.4) is 0 Å². The van der Waals surface area contributed by atoms with E-state index in [-0.39, 0.29) is 11.1 Å². The highest BCUT2D eigenvalue weighted by Gasteiger charge is 2.57. The molecular formula is C22H22N2O4. The minimum absolute atomic E-state index is 0.0372. The molecule has 6 nitrogen and oxygen atoms in total. The molecule has 0 saturated carbocycles. The number of nitro benzene ring substituents is 1. The number of anilines is 1. The zero-order chi connectivity index (χ0) is 20.1. The predicted octanol–water partition coefficient (Wildman–Crippen LogP) is 4.69. The van der Waals surface area contributed by atoms with Gasteiger partial charge in [0.05, 0.1) is 23.5 Å². The number of ether oxygens (including phenoxy) is 2. The average molecular weight is 378 g/mol. The zero-order valence-electron chi connectivity index (χ0n) is 16.3. The van der Waals surface area contributed by atoms with Gasteiger partial charge in [-0.2, -0.15) is 0 Å². The van der Waals surface area contributed by atoms with Crippen LogP contribution in [0.1, 0.15) is 25.0 Å². The van der Waals surface area contributed by atoms with Crippen LogP contribution in [0.5, 0.6) is 11.5 Å². The van der Waals surface area contributed by atoms with Crippen LogP contribution < -0.4 is 14.4 Å². The van der Waals surface area contributed by atoms with Crippen LogP contribution in [0.25, 0.3) is 6.08 Å². The van der Waals surface area contributed by atoms with Gasteiger partial charge >= 0.3 is 0 Å². The number of para-hydroxylation sites is 1.